The number of rotatable bonds is 2. The minimum Gasteiger partial charge on any atom is -0.456 e. The van der Waals surface area contributed by atoms with Gasteiger partial charge in [0.15, 0.2) is 0 Å². The molecular formula is C17H14N2O3. The van der Waals surface area contributed by atoms with Crippen LogP contribution in [-0.2, 0) is 9.59 Å². The van der Waals surface area contributed by atoms with Crippen molar-refractivity contribution < 1.29 is 14.0 Å². The fourth-order valence-corrected chi connectivity index (χ4v) is 3.03. The van der Waals surface area contributed by atoms with Crippen molar-refractivity contribution >= 4 is 39.4 Å². The van der Waals surface area contributed by atoms with Crippen molar-refractivity contribution in [1.82, 2.24) is 0 Å². The molecular weight excluding hydrogens is 280 g/mol. The van der Waals surface area contributed by atoms with E-state index in [2.05, 4.69) is 0 Å². The number of benzene rings is 2. The molecule has 0 bridgehead atoms. The van der Waals surface area contributed by atoms with Crippen molar-refractivity contribution in [2.24, 2.45) is 11.7 Å². The van der Waals surface area contributed by atoms with Crippen LogP contribution in [0.1, 0.15) is 6.42 Å². The van der Waals surface area contributed by atoms with Crippen LogP contribution in [0.25, 0.3) is 21.9 Å². The molecule has 22 heavy (non-hydrogen) atoms. The Labute approximate surface area is 126 Å². The maximum Gasteiger partial charge on any atom is 0.227 e. The number of fused-ring (bicyclic) bond motifs is 3. The van der Waals surface area contributed by atoms with E-state index < -0.39 is 11.8 Å². The predicted molar refractivity (Wildman–Crippen MR) is 83.4 cm³/mol. The third kappa shape index (κ3) is 1.86. The van der Waals surface area contributed by atoms with Crippen LogP contribution in [0, 0.1) is 5.92 Å². The Morgan fingerprint density at radius 3 is 2.68 bits per heavy atom. The molecule has 1 fully saturated rings. The summed E-state index contributed by atoms with van der Waals surface area (Å²) < 4.78 is 5.83. The lowest BCUT2D eigenvalue weighted by Gasteiger charge is -2.16. The minimum atomic E-state index is -0.430. The van der Waals surface area contributed by atoms with Gasteiger partial charge in [0.2, 0.25) is 11.8 Å². The summed E-state index contributed by atoms with van der Waals surface area (Å²) in [6.07, 6.45) is 0.174. The highest BCUT2D eigenvalue weighted by Crippen LogP contribution is 2.33. The van der Waals surface area contributed by atoms with E-state index in [1.54, 1.807) is 4.90 Å². The molecule has 2 amide bonds. The molecule has 1 aliphatic heterocycles. The van der Waals surface area contributed by atoms with Crippen LogP contribution in [-0.4, -0.2) is 18.4 Å². The summed E-state index contributed by atoms with van der Waals surface area (Å²) in [5.74, 6) is -0.932. The van der Waals surface area contributed by atoms with Crippen molar-refractivity contribution in [3.8, 4) is 0 Å². The maximum atomic E-state index is 12.1. The minimum absolute atomic E-state index is 0.0840. The van der Waals surface area contributed by atoms with Gasteiger partial charge in [-0.1, -0.05) is 18.2 Å². The molecule has 3 aromatic rings. The summed E-state index contributed by atoms with van der Waals surface area (Å²) in [6, 6.07) is 13.5. The number of carbonyl (C=O) groups is 2. The second-order valence-corrected chi connectivity index (χ2v) is 5.59. The van der Waals surface area contributed by atoms with Crippen molar-refractivity contribution in [3.63, 3.8) is 0 Å². The first-order chi connectivity index (χ1) is 10.6. The van der Waals surface area contributed by atoms with Gasteiger partial charge in [0.1, 0.15) is 11.2 Å². The van der Waals surface area contributed by atoms with Crippen LogP contribution >= 0.6 is 0 Å². The van der Waals surface area contributed by atoms with Crippen molar-refractivity contribution in [2.75, 3.05) is 11.4 Å². The molecule has 110 valence electrons. The SMILES string of the molecule is NC(=O)C1CC(=O)N(c2ccc3c(c2)oc2ccccc23)C1. The van der Waals surface area contributed by atoms with Gasteiger partial charge in [-0.2, -0.15) is 0 Å². The highest BCUT2D eigenvalue weighted by atomic mass is 16.3. The number of nitrogens with two attached hydrogens (primary N) is 1. The van der Waals surface area contributed by atoms with Crippen molar-refractivity contribution in [2.45, 2.75) is 6.42 Å². The van der Waals surface area contributed by atoms with E-state index in [0.717, 1.165) is 27.6 Å². The molecule has 2 N–H and O–H groups in total. The molecule has 1 aliphatic rings. The van der Waals surface area contributed by atoms with E-state index in [0.29, 0.717) is 6.54 Å². The van der Waals surface area contributed by atoms with Crippen molar-refractivity contribution in [1.29, 1.82) is 0 Å². The lowest BCUT2D eigenvalue weighted by Crippen LogP contribution is -2.28. The number of primary amides is 1. The van der Waals surface area contributed by atoms with E-state index in [1.165, 1.54) is 0 Å². The average Bonchev–Trinajstić information content (AvgIpc) is 3.07. The van der Waals surface area contributed by atoms with E-state index in [1.807, 2.05) is 42.5 Å². The predicted octanol–water partition coefficient (Wildman–Crippen LogP) is 2.42. The zero-order chi connectivity index (χ0) is 15.3. The van der Waals surface area contributed by atoms with Crippen LogP contribution in [0.2, 0.25) is 0 Å². The number of hydrogen-bond acceptors (Lipinski definition) is 3. The van der Waals surface area contributed by atoms with E-state index in [-0.39, 0.29) is 12.3 Å². The standard InChI is InChI=1S/C17H14N2O3/c18-17(21)10-7-16(20)19(9-10)11-5-6-13-12-3-1-2-4-14(12)22-15(13)8-11/h1-6,8,10H,7,9H2,(H2,18,21). The molecule has 4 rings (SSSR count). The van der Waals surface area contributed by atoms with Crippen LogP contribution in [0.3, 0.4) is 0 Å². The summed E-state index contributed by atoms with van der Waals surface area (Å²) >= 11 is 0. The molecule has 2 aromatic carbocycles. The smallest absolute Gasteiger partial charge is 0.227 e. The first-order valence-electron chi connectivity index (χ1n) is 7.14. The number of amides is 2. The van der Waals surface area contributed by atoms with Crippen LogP contribution < -0.4 is 10.6 Å². The Kier molecular flexibility index (Phi) is 2.69. The monoisotopic (exact) mass is 294 g/mol. The number of anilines is 1. The first-order valence-corrected chi connectivity index (χ1v) is 7.14. The number of nitrogens with zero attached hydrogens (tertiary/aromatic N) is 1. The second-order valence-electron chi connectivity index (χ2n) is 5.59. The summed E-state index contributed by atoms with van der Waals surface area (Å²) in [5.41, 5.74) is 7.59. The van der Waals surface area contributed by atoms with Crippen LogP contribution in [0.5, 0.6) is 0 Å². The Bertz CT molecular complexity index is 913. The fraction of sp³-hybridized carbons (Fsp3) is 0.176. The normalized spacial score (nSPS) is 18.5. The molecule has 0 aliphatic carbocycles. The molecule has 5 nitrogen and oxygen atoms in total. The topological polar surface area (TPSA) is 76.5 Å². The Morgan fingerprint density at radius 2 is 1.91 bits per heavy atom. The second kappa shape index (κ2) is 4.59. The van der Waals surface area contributed by atoms with Gasteiger partial charge in [-0.25, -0.2) is 0 Å². The zero-order valence-electron chi connectivity index (χ0n) is 11.8. The molecule has 0 saturated carbocycles. The quantitative estimate of drug-likeness (QED) is 0.788. The van der Waals surface area contributed by atoms with Crippen LogP contribution in [0.15, 0.2) is 46.9 Å². The van der Waals surface area contributed by atoms with Gasteiger partial charge in [-0.15, -0.1) is 0 Å². The molecule has 2 heterocycles. The van der Waals surface area contributed by atoms with E-state index in [9.17, 15) is 9.59 Å². The molecule has 1 saturated heterocycles. The number of para-hydroxylation sites is 1. The van der Waals surface area contributed by atoms with Gasteiger partial charge in [0.25, 0.3) is 0 Å². The third-order valence-corrected chi connectivity index (χ3v) is 4.20. The number of hydrogen-bond donors (Lipinski definition) is 1. The molecule has 1 atom stereocenters. The summed E-state index contributed by atoms with van der Waals surface area (Å²) in [6.45, 7) is 0.333. The molecule has 0 spiro atoms. The Hall–Kier alpha value is -2.82. The van der Waals surface area contributed by atoms with Gasteiger partial charge in [-0.05, 0) is 18.2 Å². The van der Waals surface area contributed by atoms with Gasteiger partial charge < -0.3 is 15.1 Å². The fourth-order valence-electron chi connectivity index (χ4n) is 3.03. The van der Waals surface area contributed by atoms with E-state index in [4.69, 9.17) is 10.2 Å². The Balaban J connectivity index is 1.78. The average molecular weight is 294 g/mol. The lowest BCUT2D eigenvalue weighted by molar-refractivity contribution is -0.123. The Morgan fingerprint density at radius 1 is 1.14 bits per heavy atom. The van der Waals surface area contributed by atoms with Gasteiger partial charge in [-0.3, -0.25) is 9.59 Å². The van der Waals surface area contributed by atoms with Crippen LogP contribution in [0.4, 0.5) is 5.69 Å². The summed E-state index contributed by atoms with van der Waals surface area (Å²) in [5, 5.41) is 2.06. The van der Waals surface area contributed by atoms with E-state index >= 15 is 0 Å². The first kappa shape index (κ1) is 12.9. The number of carbonyl (C=O) groups excluding carboxylic acids is 2. The van der Waals surface area contributed by atoms with Gasteiger partial charge >= 0.3 is 0 Å². The van der Waals surface area contributed by atoms with Gasteiger partial charge in [0, 0.05) is 35.5 Å². The highest BCUT2D eigenvalue weighted by Gasteiger charge is 2.34. The zero-order valence-corrected chi connectivity index (χ0v) is 11.8. The molecule has 0 radical (unpaired) electrons. The molecule has 1 unspecified atom stereocenters. The highest BCUT2D eigenvalue weighted by molar-refractivity contribution is 6.07. The summed E-state index contributed by atoms with van der Waals surface area (Å²) in [7, 11) is 0. The largest absolute Gasteiger partial charge is 0.456 e. The molecule has 5 heteroatoms. The number of furan rings is 1. The lowest BCUT2D eigenvalue weighted by atomic mass is 10.1. The maximum absolute atomic E-state index is 12.1. The summed E-state index contributed by atoms with van der Waals surface area (Å²) in [4.78, 5) is 25.0. The van der Waals surface area contributed by atoms with Gasteiger partial charge in [0.05, 0.1) is 5.92 Å². The van der Waals surface area contributed by atoms with Crippen molar-refractivity contribution in [3.05, 3.63) is 42.5 Å². The third-order valence-electron chi connectivity index (χ3n) is 4.20. The molecule has 1 aromatic heterocycles.